The molecule has 9 nitrogen and oxygen atoms in total. The highest BCUT2D eigenvalue weighted by Crippen LogP contribution is 2.25. The van der Waals surface area contributed by atoms with E-state index < -0.39 is 0 Å². The molecule has 144 valence electrons. The predicted molar refractivity (Wildman–Crippen MR) is 101 cm³/mol. The third-order valence-electron chi connectivity index (χ3n) is 5.82. The summed E-state index contributed by atoms with van der Waals surface area (Å²) in [4.78, 5) is 17.2. The van der Waals surface area contributed by atoms with Crippen molar-refractivity contribution >= 4 is 5.91 Å². The summed E-state index contributed by atoms with van der Waals surface area (Å²) >= 11 is 0. The maximum Gasteiger partial charge on any atom is 0.272 e. The van der Waals surface area contributed by atoms with Gasteiger partial charge in [0.05, 0.1) is 0 Å². The number of aryl methyl sites for hydroxylation is 1. The third-order valence-corrected chi connectivity index (χ3v) is 5.82. The van der Waals surface area contributed by atoms with Crippen LogP contribution in [0.5, 0.6) is 0 Å². The minimum atomic E-state index is -0.0273. The first-order valence-corrected chi connectivity index (χ1v) is 9.67. The van der Waals surface area contributed by atoms with E-state index in [1.165, 1.54) is 28.6 Å². The van der Waals surface area contributed by atoms with Gasteiger partial charge in [0.25, 0.3) is 5.91 Å². The fourth-order valence-corrected chi connectivity index (χ4v) is 4.26. The Kier molecular flexibility index (Phi) is 4.36. The van der Waals surface area contributed by atoms with Crippen molar-refractivity contribution in [2.24, 2.45) is 0 Å². The molecule has 1 N–H and O–H groups in total. The van der Waals surface area contributed by atoms with Crippen molar-refractivity contribution in [3.8, 4) is 5.82 Å². The van der Waals surface area contributed by atoms with Crippen LogP contribution >= 0.6 is 0 Å². The number of tetrazole rings is 1. The van der Waals surface area contributed by atoms with Crippen molar-refractivity contribution < 1.29 is 4.79 Å². The van der Waals surface area contributed by atoms with Gasteiger partial charge < -0.3 is 4.90 Å². The van der Waals surface area contributed by atoms with Gasteiger partial charge in [-0.1, -0.05) is 24.3 Å². The zero-order valence-electron chi connectivity index (χ0n) is 15.5. The Labute approximate surface area is 162 Å². The summed E-state index contributed by atoms with van der Waals surface area (Å²) < 4.78 is 1.42. The van der Waals surface area contributed by atoms with Gasteiger partial charge in [0.15, 0.2) is 5.82 Å². The molecule has 1 aliphatic heterocycles. The third kappa shape index (κ3) is 3.18. The molecule has 1 unspecified atom stereocenters. The zero-order valence-corrected chi connectivity index (χ0v) is 15.5. The molecule has 3 heterocycles. The standard InChI is InChI=1S/C19H22N8O/c28-19(17-12-18(22-21-17)27-13-20-23-24-27)26-9-7-25(8-10-26)16-6-5-14-3-1-2-4-15(14)11-16/h1-4,12-13,16H,5-11H2,(H,21,22). The van der Waals surface area contributed by atoms with Gasteiger partial charge in [-0.25, -0.2) is 0 Å². The fourth-order valence-electron chi connectivity index (χ4n) is 4.26. The van der Waals surface area contributed by atoms with Gasteiger partial charge in [0.1, 0.15) is 12.0 Å². The van der Waals surface area contributed by atoms with Gasteiger partial charge in [0.2, 0.25) is 0 Å². The predicted octanol–water partition coefficient (Wildman–Crippen LogP) is 0.701. The molecule has 1 aliphatic carbocycles. The number of aromatic nitrogens is 6. The number of hydrogen-bond acceptors (Lipinski definition) is 6. The summed E-state index contributed by atoms with van der Waals surface area (Å²) in [6.45, 7) is 3.28. The van der Waals surface area contributed by atoms with Gasteiger partial charge >= 0.3 is 0 Å². The van der Waals surface area contributed by atoms with E-state index in [0.29, 0.717) is 17.6 Å². The van der Waals surface area contributed by atoms with E-state index in [9.17, 15) is 4.79 Å². The van der Waals surface area contributed by atoms with Crippen LogP contribution in [0.2, 0.25) is 0 Å². The molecule has 1 saturated heterocycles. The fraction of sp³-hybridized carbons (Fsp3) is 0.421. The number of nitrogens with zero attached hydrogens (tertiary/aromatic N) is 7. The number of nitrogens with one attached hydrogen (secondary N) is 1. The zero-order chi connectivity index (χ0) is 18.9. The summed E-state index contributed by atoms with van der Waals surface area (Å²) in [6.07, 6.45) is 4.90. The Balaban J connectivity index is 1.20. The van der Waals surface area contributed by atoms with Crippen LogP contribution in [0.25, 0.3) is 5.82 Å². The highest BCUT2D eigenvalue weighted by atomic mass is 16.2. The number of rotatable bonds is 3. The number of fused-ring (bicyclic) bond motifs is 1. The van der Waals surface area contributed by atoms with Crippen LogP contribution in [0, 0.1) is 0 Å². The molecule has 2 aliphatic rings. The van der Waals surface area contributed by atoms with Crippen LogP contribution < -0.4 is 0 Å². The van der Waals surface area contributed by atoms with Crippen LogP contribution in [0.1, 0.15) is 28.0 Å². The second kappa shape index (κ2) is 7.16. The van der Waals surface area contributed by atoms with Gasteiger partial charge in [-0.15, -0.1) is 5.10 Å². The molecule has 2 aromatic heterocycles. The smallest absolute Gasteiger partial charge is 0.272 e. The van der Waals surface area contributed by atoms with Gasteiger partial charge in [0, 0.05) is 38.3 Å². The van der Waals surface area contributed by atoms with Crippen LogP contribution in [-0.4, -0.2) is 78.3 Å². The summed E-state index contributed by atoms with van der Waals surface area (Å²) in [5.41, 5.74) is 3.43. The lowest BCUT2D eigenvalue weighted by Crippen LogP contribution is -2.53. The summed E-state index contributed by atoms with van der Waals surface area (Å²) in [6, 6.07) is 11.0. The number of piperazine rings is 1. The van der Waals surface area contributed by atoms with Crippen molar-refractivity contribution in [3.63, 3.8) is 0 Å². The quantitative estimate of drug-likeness (QED) is 0.721. The normalized spacial score (nSPS) is 20.1. The molecule has 3 aromatic rings. The Bertz CT molecular complexity index is 958. The minimum Gasteiger partial charge on any atom is -0.335 e. The average Bonchev–Trinajstić information content (AvgIpc) is 3.45. The molecule has 0 spiro atoms. The number of carbonyl (C=O) groups is 1. The number of hydrogen-bond donors (Lipinski definition) is 1. The van der Waals surface area contributed by atoms with E-state index in [0.717, 1.165) is 39.0 Å². The monoisotopic (exact) mass is 378 g/mol. The van der Waals surface area contributed by atoms with Crippen molar-refractivity contribution in [1.82, 2.24) is 40.2 Å². The van der Waals surface area contributed by atoms with E-state index in [4.69, 9.17) is 0 Å². The van der Waals surface area contributed by atoms with E-state index in [1.807, 2.05) is 4.90 Å². The first-order valence-electron chi connectivity index (χ1n) is 9.67. The van der Waals surface area contributed by atoms with Crippen LogP contribution in [0.3, 0.4) is 0 Å². The van der Waals surface area contributed by atoms with Gasteiger partial charge in [-0.2, -0.15) is 9.78 Å². The second-order valence-corrected chi connectivity index (χ2v) is 7.39. The maximum atomic E-state index is 12.8. The van der Waals surface area contributed by atoms with Gasteiger partial charge in [-0.05, 0) is 40.8 Å². The SMILES string of the molecule is O=C(c1cc(-n2cnnn2)n[nH]1)N1CCN(C2CCc3ccccc3C2)CC1. The molecule has 0 saturated carbocycles. The van der Waals surface area contributed by atoms with E-state index >= 15 is 0 Å². The maximum absolute atomic E-state index is 12.8. The van der Waals surface area contributed by atoms with E-state index in [-0.39, 0.29) is 5.91 Å². The molecule has 1 atom stereocenters. The number of aromatic amines is 1. The molecule has 1 amide bonds. The highest BCUT2D eigenvalue weighted by molar-refractivity contribution is 5.92. The van der Waals surface area contributed by atoms with E-state index in [1.54, 1.807) is 6.07 Å². The lowest BCUT2D eigenvalue weighted by molar-refractivity contribution is 0.0548. The van der Waals surface area contributed by atoms with Crippen LogP contribution in [-0.2, 0) is 12.8 Å². The Morgan fingerprint density at radius 2 is 1.93 bits per heavy atom. The molecule has 0 radical (unpaired) electrons. The molecule has 28 heavy (non-hydrogen) atoms. The Morgan fingerprint density at radius 1 is 1.11 bits per heavy atom. The highest BCUT2D eigenvalue weighted by Gasteiger charge is 2.29. The van der Waals surface area contributed by atoms with E-state index in [2.05, 4.69) is 54.9 Å². The number of benzene rings is 1. The van der Waals surface area contributed by atoms with Crippen molar-refractivity contribution in [1.29, 1.82) is 0 Å². The lowest BCUT2D eigenvalue weighted by atomic mass is 9.87. The van der Waals surface area contributed by atoms with Crippen LogP contribution in [0.15, 0.2) is 36.7 Å². The second-order valence-electron chi connectivity index (χ2n) is 7.39. The summed E-state index contributed by atoms with van der Waals surface area (Å²) in [7, 11) is 0. The molecule has 0 bridgehead atoms. The number of amides is 1. The largest absolute Gasteiger partial charge is 0.335 e. The molecule has 9 heteroatoms. The molecule has 5 rings (SSSR count). The first kappa shape index (κ1) is 17.1. The van der Waals surface area contributed by atoms with Crippen molar-refractivity contribution in [2.75, 3.05) is 26.2 Å². The summed E-state index contributed by atoms with van der Waals surface area (Å²) in [5, 5.41) is 17.9. The van der Waals surface area contributed by atoms with Crippen LogP contribution in [0.4, 0.5) is 0 Å². The molecular weight excluding hydrogens is 356 g/mol. The number of carbonyl (C=O) groups excluding carboxylic acids is 1. The first-order chi connectivity index (χ1) is 13.8. The van der Waals surface area contributed by atoms with Crippen molar-refractivity contribution in [3.05, 3.63) is 53.5 Å². The Hall–Kier alpha value is -3.07. The molecular formula is C19H22N8O. The Morgan fingerprint density at radius 3 is 2.71 bits per heavy atom. The summed E-state index contributed by atoms with van der Waals surface area (Å²) in [5.74, 6) is 0.480. The topological polar surface area (TPSA) is 95.8 Å². The van der Waals surface area contributed by atoms with Gasteiger partial charge in [-0.3, -0.25) is 14.8 Å². The average molecular weight is 378 g/mol. The molecule has 1 aromatic carbocycles. The number of H-pyrrole nitrogens is 1. The lowest BCUT2D eigenvalue weighted by Gasteiger charge is -2.41. The van der Waals surface area contributed by atoms with Crippen molar-refractivity contribution in [2.45, 2.75) is 25.3 Å². The minimum absolute atomic E-state index is 0.0273. The molecule has 1 fully saturated rings.